The molecule has 1 fully saturated rings. The molecule has 1 aromatic carbocycles. The Hall–Kier alpha value is -1.24. The third kappa shape index (κ3) is 2.29. The van der Waals surface area contributed by atoms with E-state index in [1.807, 2.05) is 13.0 Å². The van der Waals surface area contributed by atoms with E-state index < -0.39 is 0 Å². The molecule has 0 N–H and O–H groups in total. The summed E-state index contributed by atoms with van der Waals surface area (Å²) >= 11 is 6.16. The Labute approximate surface area is 100 Å². The Morgan fingerprint density at radius 3 is 3.00 bits per heavy atom. The van der Waals surface area contributed by atoms with E-state index in [2.05, 4.69) is 11.0 Å². The Bertz CT molecular complexity index is 428. The standard InChI is InChI=1S/C12H13ClN2O/c1-9-8-15(4-5-16-9)12-3-2-10(7-14)6-11(12)13/h2-3,6,9H,4-5,8H2,1H3. The monoisotopic (exact) mass is 236 g/mol. The minimum absolute atomic E-state index is 0.223. The highest BCUT2D eigenvalue weighted by Crippen LogP contribution is 2.28. The van der Waals surface area contributed by atoms with Crippen LogP contribution in [0.15, 0.2) is 18.2 Å². The van der Waals surface area contributed by atoms with Crippen molar-refractivity contribution in [2.24, 2.45) is 0 Å². The molecule has 0 aliphatic carbocycles. The van der Waals surface area contributed by atoms with Crippen molar-refractivity contribution >= 4 is 17.3 Å². The lowest BCUT2D eigenvalue weighted by Gasteiger charge is -2.33. The number of hydrogen-bond donors (Lipinski definition) is 0. The van der Waals surface area contributed by atoms with Crippen LogP contribution in [-0.2, 0) is 4.74 Å². The quantitative estimate of drug-likeness (QED) is 0.752. The van der Waals surface area contributed by atoms with Crippen LogP contribution in [0.3, 0.4) is 0 Å². The summed E-state index contributed by atoms with van der Waals surface area (Å²) < 4.78 is 5.48. The van der Waals surface area contributed by atoms with E-state index in [1.54, 1.807) is 12.1 Å². The molecule has 4 heteroatoms. The van der Waals surface area contributed by atoms with Crippen LogP contribution in [0.2, 0.25) is 5.02 Å². The van der Waals surface area contributed by atoms with Gasteiger partial charge in [0.25, 0.3) is 0 Å². The summed E-state index contributed by atoms with van der Waals surface area (Å²) in [6, 6.07) is 7.48. The average molecular weight is 237 g/mol. The Balaban J connectivity index is 2.23. The predicted octanol–water partition coefficient (Wildman–Crippen LogP) is 2.44. The van der Waals surface area contributed by atoms with Gasteiger partial charge in [0.2, 0.25) is 0 Å². The van der Waals surface area contributed by atoms with Gasteiger partial charge in [-0.25, -0.2) is 0 Å². The number of morpholine rings is 1. The molecular formula is C12H13ClN2O. The van der Waals surface area contributed by atoms with Crippen LogP contribution in [-0.4, -0.2) is 25.8 Å². The molecule has 1 aromatic rings. The van der Waals surface area contributed by atoms with E-state index >= 15 is 0 Å². The Morgan fingerprint density at radius 1 is 1.56 bits per heavy atom. The Morgan fingerprint density at radius 2 is 2.38 bits per heavy atom. The Kier molecular flexibility index (Phi) is 3.33. The van der Waals surface area contributed by atoms with Crippen molar-refractivity contribution in [3.63, 3.8) is 0 Å². The predicted molar refractivity (Wildman–Crippen MR) is 63.8 cm³/mol. The highest BCUT2D eigenvalue weighted by atomic mass is 35.5. The van der Waals surface area contributed by atoms with Gasteiger partial charge in [-0.2, -0.15) is 5.26 Å². The van der Waals surface area contributed by atoms with E-state index in [1.165, 1.54) is 0 Å². The summed E-state index contributed by atoms with van der Waals surface area (Å²) in [5, 5.41) is 9.40. The van der Waals surface area contributed by atoms with Crippen molar-refractivity contribution in [3.8, 4) is 6.07 Å². The molecule has 2 rings (SSSR count). The molecule has 0 radical (unpaired) electrons. The first-order valence-corrected chi connectivity index (χ1v) is 5.64. The minimum atomic E-state index is 0.223. The van der Waals surface area contributed by atoms with Crippen molar-refractivity contribution in [3.05, 3.63) is 28.8 Å². The number of halogens is 1. The van der Waals surface area contributed by atoms with Crippen molar-refractivity contribution in [1.29, 1.82) is 5.26 Å². The molecule has 1 saturated heterocycles. The lowest BCUT2D eigenvalue weighted by Crippen LogP contribution is -2.41. The molecule has 0 amide bonds. The lowest BCUT2D eigenvalue weighted by molar-refractivity contribution is 0.0532. The van der Waals surface area contributed by atoms with E-state index in [-0.39, 0.29) is 6.10 Å². The minimum Gasteiger partial charge on any atom is -0.375 e. The molecule has 1 heterocycles. The number of hydrogen-bond acceptors (Lipinski definition) is 3. The summed E-state index contributed by atoms with van der Waals surface area (Å²) in [5.41, 5.74) is 1.57. The van der Waals surface area contributed by atoms with Crippen molar-refractivity contribution in [2.75, 3.05) is 24.6 Å². The van der Waals surface area contributed by atoms with Crippen LogP contribution in [0.4, 0.5) is 5.69 Å². The molecule has 1 atom stereocenters. The summed E-state index contributed by atoms with van der Waals surface area (Å²) in [7, 11) is 0. The molecule has 0 aromatic heterocycles. The second-order valence-electron chi connectivity index (χ2n) is 3.91. The first-order valence-electron chi connectivity index (χ1n) is 5.27. The number of nitrogens with zero attached hydrogens (tertiary/aromatic N) is 2. The molecule has 0 spiro atoms. The number of anilines is 1. The molecule has 0 saturated carbocycles. The molecule has 16 heavy (non-hydrogen) atoms. The van der Waals surface area contributed by atoms with Crippen LogP contribution in [0.25, 0.3) is 0 Å². The number of rotatable bonds is 1. The maximum Gasteiger partial charge on any atom is 0.0992 e. The fourth-order valence-corrected chi connectivity index (χ4v) is 2.17. The van der Waals surface area contributed by atoms with Crippen molar-refractivity contribution in [1.82, 2.24) is 0 Å². The van der Waals surface area contributed by atoms with Crippen LogP contribution in [0.5, 0.6) is 0 Å². The van der Waals surface area contributed by atoms with Gasteiger partial charge in [0.05, 0.1) is 35.1 Å². The topological polar surface area (TPSA) is 36.3 Å². The SMILES string of the molecule is CC1CN(c2ccc(C#N)cc2Cl)CCO1. The molecular weight excluding hydrogens is 224 g/mol. The van der Waals surface area contributed by atoms with Crippen LogP contribution in [0, 0.1) is 11.3 Å². The molecule has 84 valence electrons. The summed E-state index contributed by atoms with van der Waals surface area (Å²) in [4.78, 5) is 2.19. The number of ether oxygens (including phenoxy) is 1. The van der Waals surface area contributed by atoms with Gasteiger partial charge >= 0.3 is 0 Å². The molecule has 1 aliphatic rings. The van der Waals surface area contributed by atoms with E-state index in [9.17, 15) is 0 Å². The molecule has 3 nitrogen and oxygen atoms in total. The average Bonchev–Trinajstić information content (AvgIpc) is 2.28. The summed E-state index contributed by atoms with van der Waals surface area (Å²) in [5.74, 6) is 0. The van der Waals surface area contributed by atoms with Gasteiger partial charge in [0.1, 0.15) is 0 Å². The van der Waals surface area contributed by atoms with Crippen molar-refractivity contribution < 1.29 is 4.74 Å². The lowest BCUT2D eigenvalue weighted by atomic mass is 10.2. The molecule has 0 bridgehead atoms. The van der Waals surface area contributed by atoms with E-state index in [0.29, 0.717) is 10.6 Å². The molecule has 1 unspecified atom stereocenters. The van der Waals surface area contributed by atoms with Gasteiger partial charge in [-0.1, -0.05) is 11.6 Å². The number of benzene rings is 1. The van der Waals surface area contributed by atoms with Gasteiger partial charge in [-0.15, -0.1) is 0 Å². The van der Waals surface area contributed by atoms with Crippen LogP contribution < -0.4 is 4.90 Å². The summed E-state index contributed by atoms with van der Waals surface area (Å²) in [6.45, 7) is 4.45. The van der Waals surface area contributed by atoms with Crippen molar-refractivity contribution in [2.45, 2.75) is 13.0 Å². The fourth-order valence-electron chi connectivity index (χ4n) is 1.87. The largest absolute Gasteiger partial charge is 0.375 e. The highest BCUT2D eigenvalue weighted by molar-refractivity contribution is 6.33. The third-order valence-electron chi connectivity index (χ3n) is 2.66. The third-order valence-corrected chi connectivity index (χ3v) is 2.96. The second kappa shape index (κ2) is 4.73. The van der Waals surface area contributed by atoms with E-state index in [0.717, 1.165) is 25.4 Å². The fraction of sp³-hybridized carbons (Fsp3) is 0.417. The molecule has 1 aliphatic heterocycles. The maximum absolute atomic E-state index is 8.76. The van der Waals surface area contributed by atoms with Crippen LogP contribution in [0.1, 0.15) is 12.5 Å². The van der Waals surface area contributed by atoms with Gasteiger partial charge in [0, 0.05) is 13.1 Å². The second-order valence-corrected chi connectivity index (χ2v) is 4.31. The van der Waals surface area contributed by atoms with Crippen LogP contribution >= 0.6 is 11.6 Å². The highest BCUT2D eigenvalue weighted by Gasteiger charge is 2.18. The van der Waals surface area contributed by atoms with Gasteiger partial charge in [-0.3, -0.25) is 0 Å². The first kappa shape index (κ1) is 11.3. The summed E-state index contributed by atoms with van der Waals surface area (Å²) in [6.07, 6.45) is 0.223. The zero-order chi connectivity index (χ0) is 11.5. The number of nitriles is 1. The van der Waals surface area contributed by atoms with Gasteiger partial charge < -0.3 is 9.64 Å². The zero-order valence-electron chi connectivity index (χ0n) is 9.11. The first-order chi connectivity index (χ1) is 7.70. The normalized spacial score (nSPS) is 20.6. The van der Waals surface area contributed by atoms with Gasteiger partial charge in [-0.05, 0) is 25.1 Å². The maximum atomic E-state index is 8.76. The smallest absolute Gasteiger partial charge is 0.0992 e. The van der Waals surface area contributed by atoms with Gasteiger partial charge in [0.15, 0.2) is 0 Å². The zero-order valence-corrected chi connectivity index (χ0v) is 9.87. The van der Waals surface area contributed by atoms with E-state index in [4.69, 9.17) is 21.6 Å².